The van der Waals surface area contributed by atoms with Crippen LogP contribution in [0.2, 0.25) is 0 Å². The third-order valence-electron chi connectivity index (χ3n) is 3.49. The molecule has 0 saturated carbocycles. The molecule has 0 radical (unpaired) electrons. The zero-order chi connectivity index (χ0) is 21.2. The minimum Gasteiger partial charge on any atom is -0.464 e. The van der Waals surface area contributed by atoms with Gasteiger partial charge in [-0.3, -0.25) is 10.2 Å². The summed E-state index contributed by atoms with van der Waals surface area (Å²) in [5.74, 6) is -4.08. The average molecular weight is 399 g/mol. The van der Waals surface area contributed by atoms with Gasteiger partial charge in [-0.15, -0.1) is 0 Å². The van der Waals surface area contributed by atoms with Crippen LogP contribution in [0.15, 0.2) is 23.3 Å². The molecule has 0 heterocycles. The topological polar surface area (TPSA) is 106 Å². The molecule has 2 N–H and O–H groups in total. The molecule has 0 aliphatic carbocycles. The molecule has 0 unspecified atom stereocenters. The number of hydrogen-bond acceptors (Lipinski definition) is 7. The number of esters is 2. The monoisotopic (exact) mass is 399 g/mol. The lowest BCUT2D eigenvalue weighted by molar-refractivity contribution is -0.168. The summed E-state index contributed by atoms with van der Waals surface area (Å²) in [4.78, 5) is 36.4. The van der Waals surface area contributed by atoms with Gasteiger partial charge >= 0.3 is 11.9 Å². The van der Waals surface area contributed by atoms with Crippen LogP contribution in [0.3, 0.4) is 0 Å². The molecule has 0 aromatic heterocycles. The van der Waals surface area contributed by atoms with Gasteiger partial charge in [0.05, 0.1) is 18.9 Å². The van der Waals surface area contributed by atoms with Crippen molar-refractivity contribution in [1.82, 2.24) is 5.32 Å². The van der Waals surface area contributed by atoms with Crippen LogP contribution in [0, 0.1) is 11.6 Å². The largest absolute Gasteiger partial charge is 0.464 e. The number of carbonyl (C=O) groups excluding carboxylic acids is 3. The van der Waals surface area contributed by atoms with Gasteiger partial charge in [0.15, 0.2) is 5.82 Å². The van der Waals surface area contributed by atoms with E-state index >= 15 is 0 Å². The van der Waals surface area contributed by atoms with E-state index in [4.69, 9.17) is 9.47 Å². The van der Waals surface area contributed by atoms with Crippen LogP contribution in [0.1, 0.15) is 33.6 Å². The minimum absolute atomic E-state index is 0.000931. The molecule has 1 aromatic rings. The molecule has 1 amide bonds. The van der Waals surface area contributed by atoms with E-state index in [9.17, 15) is 23.2 Å². The maximum atomic E-state index is 13.5. The van der Waals surface area contributed by atoms with Crippen molar-refractivity contribution in [1.29, 1.82) is 0 Å². The SMILES string of the molecule is CCOC(=O)C(CC/C=N/Nc1ccc(F)cc1F)(NC(C)=O)C(=O)OCC. The number of amides is 1. The molecule has 8 nitrogen and oxygen atoms in total. The Labute approximate surface area is 161 Å². The van der Waals surface area contributed by atoms with Gasteiger partial charge in [0.2, 0.25) is 11.4 Å². The summed E-state index contributed by atoms with van der Waals surface area (Å²) in [6.07, 6.45) is 1.12. The van der Waals surface area contributed by atoms with Crippen molar-refractivity contribution < 1.29 is 32.6 Å². The first-order valence-electron chi connectivity index (χ1n) is 8.62. The maximum Gasteiger partial charge on any atom is 0.343 e. The molecular formula is C18H23F2N3O5. The first-order valence-corrected chi connectivity index (χ1v) is 8.62. The summed E-state index contributed by atoms with van der Waals surface area (Å²) in [5.41, 5.74) is 0.307. The number of hydrazone groups is 1. The summed E-state index contributed by atoms with van der Waals surface area (Å²) in [6.45, 7) is 4.27. The molecule has 0 atom stereocenters. The summed E-state index contributed by atoms with van der Waals surface area (Å²) in [5, 5.41) is 6.09. The first kappa shape index (κ1) is 23.0. The van der Waals surface area contributed by atoms with Gasteiger partial charge < -0.3 is 14.8 Å². The number of ether oxygens (including phenoxy) is 2. The van der Waals surface area contributed by atoms with Gasteiger partial charge in [-0.25, -0.2) is 18.4 Å². The predicted molar refractivity (Wildman–Crippen MR) is 97.5 cm³/mol. The zero-order valence-electron chi connectivity index (χ0n) is 15.9. The van der Waals surface area contributed by atoms with E-state index in [0.29, 0.717) is 6.07 Å². The fourth-order valence-electron chi connectivity index (χ4n) is 2.30. The quantitative estimate of drug-likeness (QED) is 0.270. The van der Waals surface area contributed by atoms with Crippen molar-refractivity contribution >= 4 is 29.7 Å². The van der Waals surface area contributed by atoms with E-state index in [-0.39, 0.29) is 31.7 Å². The summed E-state index contributed by atoms with van der Waals surface area (Å²) >= 11 is 0. The number of nitrogens with zero attached hydrogens (tertiary/aromatic N) is 1. The van der Waals surface area contributed by atoms with Crippen LogP contribution in [0.4, 0.5) is 14.5 Å². The second kappa shape index (κ2) is 11.0. The summed E-state index contributed by atoms with van der Waals surface area (Å²) in [6, 6.07) is 2.92. The molecule has 10 heteroatoms. The van der Waals surface area contributed by atoms with Gasteiger partial charge in [0, 0.05) is 19.2 Å². The van der Waals surface area contributed by atoms with E-state index in [2.05, 4.69) is 15.8 Å². The Hall–Kier alpha value is -3.04. The molecule has 1 aromatic carbocycles. The number of nitrogens with one attached hydrogen (secondary N) is 2. The van der Waals surface area contributed by atoms with E-state index in [0.717, 1.165) is 13.0 Å². The Morgan fingerprint density at radius 3 is 2.25 bits per heavy atom. The average Bonchev–Trinajstić information content (AvgIpc) is 2.62. The fraction of sp³-hybridized carbons (Fsp3) is 0.444. The van der Waals surface area contributed by atoms with Gasteiger partial charge in [-0.05, 0) is 38.8 Å². The molecule has 0 fully saturated rings. The lowest BCUT2D eigenvalue weighted by Crippen LogP contribution is -2.61. The van der Waals surface area contributed by atoms with Crippen molar-refractivity contribution in [3.8, 4) is 0 Å². The highest BCUT2D eigenvalue weighted by Gasteiger charge is 2.49. The van der Waals surface area contributed by atoms with Gasteiger partial charge in [0.25, 0.3) is 0 Å². The smallest absolute Gasteiger partial charge is 0.343 e. The Morgan fingerprint density at radius 2 is 1.75 bits per heavy atom. The van der Waals surface area contributed by atoms with E-state index in [1.165, 1.54) is 12.3 Å². The van der Waals surface area contributed by atoms with Crippen molar-refractivity contribution in [3.63, 3.8) is 0 Å². The van der Waals surface area contributed by atoms with E-state index in [1.807, 2.05) is 0 Å². The molecule has 1 rings (SSSR count). The van der Waals surface area contributed by atoms with Crippen molar-refractivity contribution in [2.75, 3.05) is 18.6 Å². The zero-order valence-corrected chi connectivity index (χ0v) is 15.9. The van der Waals surface area contributed by atoms with E-state index < -0.39 is 35.0 Å². The van der Waals surface area contributed by atoms with E-state index in [1.54, 1.807) is 13.8 Å². The highest BCUT2D eigenvalue weighted by molar-refractivity contribution is 6.07. The van der Waals surface area contributed by atoms with Crippen molar-refractivity contribution in [2.24, 2.45) is 5.10 Å². The summed E-state index contributed by atoms with van der Waals surface area (Å²) in [7, 11) is 0. The van der Waals surface area contributed by atoms with Gasteiger partial charge in [-0.2, -0.15) is 5.10 Å². The lowest BCUT2D eigenvalue weighted by Gasteiger charge is -2.29. The fourth-order valence-corrected chi connectivity index (χ4v) is 2.30. The second-order valence-electron chi connectivity index (χ2n) is 5.61. The molecule has 28 heavy (non-hydrogen) atoms. The van der Waals surface area contributed by atoms with Gasteiger partial charge in [0.1, 0.15) is 5.82 Å². The van der Waals surface area contributed by atoms with Crippen LogP contribution >= 0.6 is 0 Å². The van der Waals surface area contributed by atoms with Gasteiger partial charge in [-0.1, -0.05) is 0 Å². The highest BCUT2D eigenvalue weighted by atomic mass is 19.1. The first-order chi connectivity index (χ1) is 13.3. The number of benzene rings is 1. The maximum absolute atomic E-state index is 13.5. The summed E-state index contributed by atoms with van der Waals surface area (Å²) < 4.78 is 36.3. The normalized spacial score (nSPS) is 11.2. The Kier molecular flexibility index (Phi) is 9.00. The van der Waals surface area contributed by atoms with Crippen molar-refractivity contribution in [2.45, 2.75) is 39.2 Å². The predicted octanol–water partition coefficient (Wildman–Crippen LogP) is 2.14. The van der Waals surface area contributed by atoms with Crippen LogP contribution in [0.25, 0.3) is 0 Å². The highest BCUT2D eigenvalue weighted by Crippen LogP contribution is 2.19. The molecule has 0 aliphatic heterocycles. The minimum atomic E-state index is -2.02. The number of halogens is 2. The Balaban J connectivity index is 2.90. The Morgan fingerprint density at radius 1 is 1.14 bits per heavy atom. The standard InChI is InChI=1S/C18H23F2N3O5/c1-4-27-16(25)18(22-12(3)24,17(26)28-5-2)9-6-10-21-23-15-8-7-13(19)11-14(15)20/h7-8,10-11,23H,4-6,9H2,1-3H3,(H,22,24)/b21-10+. The van der Waals surface area contributed by atoms with Crippen LogP contribution in [-0.2, 0) is 23.9 Å². The molecular weight excluding hydrogens is 376 g/mol. The number of hydrogen-bond donors (Lipinski definition) is 2. The molecule has 0 saturated heterocycles. The molecule has 0 spiro atoms. The molecule has 0 aliphatic rings. The lowest BCUT2D eigenvalue weighted by atomic mass is 9.93. The van der Waals surface area contributed by atoms with Crippen LogP contribution in [0.5, 0.6) is 0 Å². The Bertz CT molecular complexity index is 722. The van der Waals surface area contributed by atoms with Crippen molar-refractivity contribution in [3.05, 3.63) is 29.8 Å². The second-order valence-corrected chi connectivity index (χ2v) is 5.61. The molecule has 154 valence electrons. The third kappa shape index (κ3) is 6.29. The number of anilines is 1. The number of carbonyl (C=O) groups is 3. The number of rotatable bonds is 10. The molecule has 0 bridgehead atoms. The third-order valence-corrected chi connectivity index (χ3v) is 3.49. The van der Waals surface area contributed by atoms with Crippen LogP contribution < -0.4 is 10.7 Å². The van der Waals surface area contributed by atoms with Crippen LogP contribution in [-0.4, -0.2) is 42.8 Å².